The zero-order valence-corrected chi connectivity index (χ0v) is 11.8. The second kappa shape index (κ2) is 6.00. The first-order valence-corrected chi connectivity index (χ1v) is 6.25. The number of amides is 1. The molecule has 0 fully saturated rings. The highest BCUT2D eigenvalue weighted by atomic mass is 127. The Bertz CT molecular complexity index is 416. The molecule has 0 aliphatic carbocycles. The standard InChI is InChI=1S/C12H14INO3/c1-7(9-3-5-10(13)6-4-9)11(12(16)17)14-8(2)15/h3-7,11H,1-2H3,(H,14,15)(H,16,17)/t7?,11-/m0/s1. The Hall–Kier alpha value is -1.11. The van der Waals surface area contributed by atoms with Crippen molar-refractivity contribution in [2.45, 2.75) is 25.8 Å². The first-order chi connectivity index (χ1) is 7.91. The average Bonchev–Trinajstić information content (AvgIpc) is 2.25. The maximum Gasteiger partial charge on any atom is 0.326 e. The van der Waals surface area contributed by atoms with Crippen LogP contribution in [0.1, 0.15) is 25.3 Å². The van der Waals surface area contributed by atoms with Gasteiger partial charge in [0.05, 0.1) is 0 Å². The van der Waals surface area contributed by atoms with Crippen LogP contribution >= 0.6 is 22.6 Å². The summed E-state index contributed by atoms with van der Waals surface area (Å²) in [5.74, 6) is -1.63. The van der Waals surface area contributed by atoms with Crippen LogP contribution in [-0.2, 0) is 9.59 Å². The molecule has 2 atom stereocenters. The van der Waals surface area contributed by atoms with Crippen molar-refractivity contribution in [3.05, 3.63) is 33.4 Å². The molecule has 0 aromatic heterocycles. The molecule has 1 aromatic carbocycles. The third-order valence-corrected chi connectivity index (χ3v) is 3.24. The summed E-state index contributed by atoms with van der Waals surface area (Å²) in [7, 11) is 0. The molecule has 1 unspecified atom stereocenters. The summed E-state index contributed by atoms with van der Waals surface area (Å²) in [4.78, 5) is 22.1. The van der Waals surface area contributed by atoms with E-state index < -0.39 is 12.0 Å². The molecule has 0 radical (unpaired) electrons. The number of benzene rings is 1. The number of carbonyl (C=O) groups is 2. The lowest BCUT2D eigenvalue weighted by atomic mass is 9.93. The van der Waals surface area contributed by atoms with Crippen LogP contribution in [0.5, 0.6) is 0 Å². The van der Waals surface area contributed by atoms with Gasteiger partial charge in [0.2, 0.25) is 5.91 Å². The summed E-state index contributed by atoms with van der Waals surface area (Å²) >= 11 is 2.18. The van der Waals surface area contributed by atoms with E-state index in [1.807, 2.05) is 24.3 Å². The number of nitrogens with one attached hydrogen (secondary N) is 1. The first-order valence-electron chi connectivity index (χ1n) is 5.17. The van der Waals surface area contributed by atoms with Gasteiger partial charge in [-0.15, -0.1) is 0 Å². The summed E-state index contributed by atoms with van der Waals surface area (Å²) in [5.41, 5.74) is 0.895. The number of carbonyl (C=O) groups excluding carboxylic acids is 1. The molecule has 1 aromatic rings. The van der Waals surface area contributed by atoms with E-state index in [9.17, 15) is 9.59 Å². The number of halogens is 1. The minimum Gasteiger partial charge on any atom is -0.480 e. The molecule has 0 saturated heterocycles. The smallest absolute Gasteiger partial charge is 0.326 e. The van der Waals surface area contributed by atoms with Crippen molar-refractivity contribution in [3.63, 3.8) is 0 Å². The SMILES string of the molecule is CC(=O)N[C@H](C(=O)O)C(C)c1ccc(I)cc1. The second-order valence-electron chi connectivity index (χ2n) is 3.86. The maximum absolute atomic E-state index is 11.1. The number of hydrogen-bond acceptors (Lipinski definition) is 2. The number of rotatable bonds is 4. The second-order valence-corrected chi connectivity index (χ2v) is 5.10. The molecule has 0 saturated carbocycles. The predicted octanol–water partition coefficient (Wildman–Crippen LogP) is 1.98. The van der Waals surface area contributed by atoms with Crippen LogP contribution in [0.15, 0.2) is 24.3 Å². The number of carboxylic acids is 1. The van der Waals surface area contributed by atoms with Crippen molar-refractivity contribution < 1.29 is 14.7 Å². The highest BCUT2D eigenvalue weighted by Gasteiger charge is 2.26. The minimum atomic E-state index is -1.02. The van der Waals surface area contributed by atoms with E-state index in [0.29, 0.717) is 0 Å². The molecular weight excluding hydrogens is 333 g/mol. The molecule has 5 heteroatoms. The lowest BCUT2D eigenvalue weighted by Gasteiger charge is -2.21. The van der Waals surface area contributed by atoms with Gasteiger partial charge in [0, 0.05) is 16.4 Å². The van der Waals surface area contributed by atoms with E-state index in [-0.39, 0.29) is 11.8 Å². The van der Waals surface area contributed by atoms with Crippen LogP contribution in [0.25, 0.3) is 0 Å². The van der Waals surface area contributed by atoms with Gasteiger partial charge in [-0.2, -0.15) is 0 Å². The van der Waals surface area contributed by atoms with Crippen molar-refractivity contribution in [3.8, 4) is 0 Å². The summed E-state index contributed by atoms with van der Waals surface area (Å²) in [6.07, 6.45) is 0. The molecule has 0 aliphatic heterocycles. The molecule has 1 amide bonds. The Balaban J connectivity index is 2.91. The Labute approximate surface area is 114 Å². The molecule has 17 heavy (non-hydrogen) atoms. The van der Waals surface area contributed by atoms with Gasteiger partial charge in [-0.1, -0.05) is 19.1 Å². The van der Waals surface area contributed by atoms with E-state index >= 15 is 0 Å². The van der Waals surface area contributed by atoms with Gasteiger partial charge in [0.1, 0.15) is 6.04 Å². The lowest BCUT2D eigenvalue weighted by molar-refractivity contribution is -0.142. The van der Waals surface area contributed by atoms with Crippen molar-refractivity contribution in [1.29, 1.82) is 0 Å². The summed E-state index contributed by atoms with van der Waals surface area (Å²) in [6, 6.07) is 6.69. The molecule has 4 nitrogen and oxygen atoms in total. The first kappa shape index (κ1) is 14.0. The topological polar surface area (TPSA) is 66.4 Å². The molecule has 0 spiro atoms. The van der Waals surface area contributed by atoms with E-state index in [1.165, 1.54) is 6.92 Å². The highest BCUT2D eigenvalue weighted by Crippen LogP contribution is 2.20. The van der Waals surface area contributed by atoms with E-state index in [4.69, 9.17) is 5.11 Å². The normalized spacial score (nSPS) is 13.8. The van der Waals surface area contributed by atoms with Gasteiger partial charge in [0.15, 0.2) is 0 Å². The monoisotopic (exact) mass is 347 g/mol. The molecule has 0 bridgehead atoms. The Morgan fingerprint density at radius 1 is 1.29 bits per heavy atom. The van der Waals surface area contributed by atoms with Crippen molar-refractivity contribution in [1.82, 2.24) is 5.32 Å². The van der Waals surface area contributed by atoms with Gasteiger partial charge >= 0.3 is 5.97 Å². The summed E-state index contributed by atoms with van der Waals surface area (Å²) in [5, 5.41) is 11.5. The van der Waals surface area contributed by atoms with Crippen LogP contribution in [0.3, 0.4) is 0 Å². The van der Waals surface area contributed by atoms with Crippen molar-refractivity contribution in [2.24, 2.45) is 0 Å². The fourth-order valence-corrected chi connectivity index (χ4v) is 1.94. The predicted molar refractivity (Wildman–Crippen MR) is 72.8 cm³/mol. The zero-order valence-electron chi connectivity index (χ0n) is 9.61. The highest BCUT2D eigenvalue weighted by molar-refractivity contribution is 14.1. The number of aliphatic carboxylic acids is 1. The lowest BCUT2D eigenvalue weighted by Crippen LogP contribution is -2.43. The average molecular weight is 347 g/mol. The molecule has 0 aliphatic rings. The fraction of sp³-hybridized carbons (Fsp3) is 0.333. The van der Waals surface area contributed by atoms with Crippen LogP contribution in [0, 0.1) is 3.57 Å². The Kier molecular flexibility index (Phi) is 4.92. The van der Waals surface area contributed by atoms with Gasteiger partial charge < -0.3 is 10.4 Å². The molecule has 92 valence electrons. The van der Waals surface area contributed by atoms with Gasteiger partial charge in [0.25, 0.3) is 0 Å². The fourth-order valence-electron chi connectivity index (χ4n) is 1.58. The molecule has 0 heterocycles. The van der Waals surface area contributed by atoms with Gasteiger partial charge in [-0.05, 0) is 40.3 Å². The van der Waals surface area contributed by atoms with E-state index in [2.05, 4.69) is 27.9 Å². The van der Waals surface area contributed by atoms with Crippen LogP contribution in [-0.4, -0.2) is 23.0 Å². The zero-order chi connectivity index (χ0) is 13.0. The molecular formula is C12H14INO3. The van der Waals surface area contributed by atoms with Crippen molar-refractivity contribution in [2.75, 3.05) is 0 Å². The summed E-state index contributed by atoms with van der Waals surface area (Å²) in [6.45, 7) is 3.10. The van der Waals surface area contributed by atoms with Crippen LogP contribution in [0.2, 0.25) is 0 Å². The molecule has 1 rings (SSSR count). The van der Waals surface area contributed by atoms with Gasteiger partial charge in [-0.3, -0.25) is 4.79 Å². The summed E-state index contributed by atoms with van der Waals surface area (Å²) < 4.78 is 1.09. The quantitative estimate of drug-likeness (QED) is 0.819. The van der Waals surface area contributed by atoms with E-state index in [0.717, 1.165) is 9.13 Å². The van der Waals surface area contributed by atoms with E-state index in [1.54, 1.807) is 6.92 Å². The minimum absolute atomic E-state index is 0.270. The number of carboxylic acid groups (broad SMARTS) is 1. The van der Waals surface area contributed by atoms with Gasteiger partial charge in [-0.25, -0.2) is 4.79 Å². The molecule has 2 N–H and O–H groups in total. The Morgan fingerprint density at radius 2 is 1.82 bits per heavy atom. The largest absolute Gasteiger partial charge is 0.480 e. The van der Waals surface area contributed by atoms with Crippen molar-refractivity contribution >= 4 is 34.5 Å². The maximum atomic E-state index is 11.1. The third kappa shape index (κ3) is 3.99. The third-order valence-electron chi connectivity index (χ3n) is 2.52. The number of hydrogen-bond donors (Lipinski definition) is 2. The van der Waals surface area contributed by atoms with Crippen LogP contribution < -0.4 is 5.32 Å². The van der Waals surface area contributed by atoms with Crippen LogP contribution in [0.4, 0.5) is 0 Å². The Morgan fingerprint density at radius 3 is 2.24 bits per heavy atom.